The number of benzene rings is 1. The first-order valence-electron chi connectivity index (χ1n) is 9.29. The lowest BCUT2D eigenvalue weighted by Gasteiger charge is -2.16. The van der Waals surface area contributed by atoms with Crippen LogP contribution in [0.1, 0.15) is 35.9 Å². The van der Waals surface area contributed by atoms with E-state index in [1.807, 2.05) is 11.4 Å². The molecule has 27 heavy (non-hydrogen) atoms. The molecule has 0 unspecified atom stereocenters. The lowest BCUT2D eigenvalue weighted by molar-refractivity contribution is -0.676. The van der Waals surface area contributed by atoms with E-state index in [9.17, 15) is 9.59 Å². The van der Waals surface area contributed by atoms with Crippen LogP contribution in [0, 0.1) is 5.92 Å². The van der Waals surface area contributed by atoms with Crippen LogP contribution in [-0.2, 0) is 16.0 Å². The van der Waals surface area contributed by atoms with Crippen LogP contribution in [0.5, 0.6) is 0 Å². The van der Waals surface area contributed by atoms with Crippen LogP contribution in [0.2, 0.25) is 0 Å². The molecule has 2 amide bonds. The standard InChI is InChI=1S/C21H29N3O2S/c1-15(2)12-16-7-9-17(10-8-16)21(18-6-5-11-27-18)23-13-19(25)22-14-20(26)24(3)4/h5-11,15,21,23H,12-14H2,1-4H3,(H,22,25)/p+1/t21-/m1/s1. The Kier molecular flexibility index (Phi) is 8.00. The molecule has 1 heterocycles. The highest BCUT2D eigenvalue weighted by Gasteiger charge is 2.20. The van der Waals surface area contributed by atoms with E-state index < -0.39 is 0 Å². The van der Waals surface area contributed by atoms with Crippen molar-refractivity contribution in [3.63, 3.8) is 0 Å². The molecule has 1 aromatic carbocycles. The molecular weight excluding hydrogens is 358 g/mol. The Hall–Kier alpha value is -2.18. The van der Waals surface area contributed by atoms with Gasteiger partial charge in [-0.1, -0.05) is 44.2 Å². The minimum atomic E-state index is -0.136. The zero-order valence-electron chi connectivity index (χ0n) is 16.6. The normalized spacial score (nSPS) is 12.0. The van der Waals surface area contributed by atoms with Crippen molar-refractivity contribution in [2.45, 2.75) is 26.3 Å². The lowest BCUT2D eigenvalue weighted by atomic mass is 9.99. The summed E-state index contributed by atoms with van der Waals surface area (Å²) in [5, 5.41) is 6.77. The van der Waals surface area contributed by atoms with Crippen molar-refractivity contribution < 1.29 is 14.9 Å². The number of hydrogen-bond acceptors (Lipinski definition) is 3. The van der Waals surface area contributed by atoms with Gasteiger partial charge in [0, 0.05) is 19.7 Å². The number of amides is 2. The van der Waals surface area contributed by atoms with Crippen molar-refractivity contribution in [2.24, 2.45) is 5.92 Å². The van der Waals surface area contributed by atoms with Crippen LogP contribution >= 0.6 is 11.3 Å². The molecule has 0 bridgehead atoms. The summed E-state index contributed by atoms with van der Waals surface area (Å²) in [5.74, 6) is 0.381. The predicted molar refractivity (Wildman–Crippen MR) is 110 cm³/mol. The molecule has 3 N–H and O–H groups in total. The van der Waals surface area contributed by atoms with E-state index >= 15 is 0 Å². The number of likely N-dealkylation sites (N-methyl/N-ethyl adjacent to an activating group) is 1. The third-order valence-corrected chi connectivity index (χ3v) is 5.26. The van der Waals surface area contributed by atoms with Gasteiger partial charge in [-0.2, -0.15) is 0 Å². The van der Waals surface area contributed by atoms with E-state index in [-0.39, 0.29) is 30.9 Å². The Bertz CT molecular complexity index is 724. The van der Waals surface area contributed by atoms with Crippen molar-refractivity contribution in [3.05, 3.63) is 57.8 Å². The Labute approximate surface area is 165 Å². The summed E-state index contributed by atoms with van der Waals surface area (Å²) in [5.41, 5.74) is 2.51. The van der Waals surface area contributed by atoms with Crippen molar-refractivity contribution in [3.8, 4) is 0 Å². The molecule has 0 fully saturated rings. The smallest absolute Gasteiger partial charge is 0.275 e. The number of nitrogens with one attached hydrogen (secondary N) is 1. The summed E-state index contributed by atoms with van der Waals surface area (Å²) in [6, 6.07) is 12.9. The van der Waals surface area contributed by atoms with Gasteiger partial charge in [-0.3, -0.25) is 9.59 Å². The van der Waals surface area contributed by atoms with Gasteiger partial charge in [0.05, 0.1) is 11.4 Å². The maximum Gasteiger partial charge on any atom is 0.275 e. The summed E-state index contributed by atoms with van der Waals surface area (Å²) in [4.78, 5) is 26.4. The first-order valence-corrected chi connectivity index (χ1v) is 10.2. The summed E-state index contributed by atoms with van der Waals surface area (Å²) < 4.78 is 0. The van der Waals surface area contributed by atoms with Gasteiger partial charge in [-0.25, -0.2) is 0 Å². The highest BCUT2D eigenvalue weighted by Crippen LogP contribution is 2.23. The summed E-state index contributed by atoms with van der Waals surface area (Å²) in [6.07, 6.45) is 1.07. The highest BCUT2D eigenvalue weighted by molar-refractivity contribution is 7.10. The third-order valence-electron chi connectivity index (χ3n) is 4.31. The molecule has 1 atom stereocenters. The van der Waals surface area contributed by atoms with E-state index in [2.05, 4.69) is 54.9 Å². The van der Waals surface area contributed by atoms with E-state index in [1.165, 1.54) is 20.9 Å². The SMILES string of the molecule is CC(C)Cc1ccc([C@@H]([NH2+]CC(=O)NCC(=O)N(C)C)c2cccs2)cc1. The maximum atomic E-state index is 12.1. The highest BCUT2D eigenvalue weighted by atomic mass is 32.1. The number of carbonyl (C=O) groups is 2. The van der Waals surface area contributed by atoms with Gasteiger partial charge in [0.25, 0.3) is 5.91 Å². The van der Waals surface area contributed by atoms with Gasteiger partial charge in [-0.05, 0) is 29.3 Å². The molecule has 0 aliphatic carbocycles. The minimum Gasteiger partial charge on any atom is -0.347 e. The maximum absolute atomic E-state index is 12.1. The quantitative estimate of drug-likeness (QED) is 0.688. The molecular formula is C21H30N3O2S+. The number of rotatable bonds is 9. The molecule has 6 heteroatoms. The van der Waals surface area contributed by atoms with Gasteiger partial charge >= 0.3 is 0 Å². The Balaban J connectivity index is 2.01. The van der Waals surface area contributed by atoms with Gasteiger partial charge in [0.1, 0.15) is 6.04 Å². The number of carbonyl (C=O) groups excluding carboxylic acids is 2. The number of quaternary nitrogens is 1. The van der Waals surface area contributed by atoms with Gasteiger partial charge in [-0.15, -0.1) is 11.3 Å². The first-order chi connectivity index (χ1) is 12.9. The molecule has 146 valence electrons. The zero-order chi connectivity index (χ0) is 19.8. The predicted octanol–water partition coefficient (Wildman–Crippen LogP) is 1.80. The second kappa shape index (κ2) is 10.2. The van der Waals surface area contributed by atoms with Crippen LogP contribution in [-0.4, -0.2) is 43.9 Å². The van der Waals surface area contributed by atoms with E-state index in [0.29, 0.717) is 5.92 Å². The number of nitrogens with zero attached hydrogens (tertiary/aromatic N) is 1. The molecule has 0 saturated carbocycles. The lowest BCUT2D eigenvalue weighted by Crippen LogP contribution is -2.87. The van der Waals surface area contributed by atoms with Crippen molar-refractivity contribution in [2.75, 3.05) is 27.2 Å². The average Bonchev–Trinajstić information content (AvgIpc) is 3.15. The van der Waals surface area contributed by atoms with Crippen LogP contribution in [0.25, 0.3) is 0 Å². The molecule has 5 nitrogen and oxygen atoms in total. The molecule has 0 radical (unpaired) electrons. The fourth-order valence-electron chi connectivity index (χ4n) is 2.85. The van der Waals surface area contributed by atoms with E-state index in [4.69, 9.17) is 0 Å². The molecule has 0 spiro atoms. The van der Waals surface area contributed by atoms with Crippen molar-refractivity contribution in [1.82, 2.24) is 10.2 Å². The fraction of sp³-hybridized carbons (Fsp3) is 0.429. The van der Waals surface area contributed by atoms with E-state index in [0.717, 1.165) is 6.42 Å². The second-order valence-corrected chi connectivity index (χ2v) is 8.32. The van der Waals surface area contributed by atoms with Crippen LogP contribution in [0.15, 0.2) is 41.8 Å². The van der Waals surface area contributed by atoms with Crippen LogP contribution in [0.4, 0.5) is 0 Å². The topological polar surface area (TPSA) is 66.0 Å². The number of nitrogens with two attached hydrogens (primary N) is 1. The van der Waals surface area contributed by atoms with Gasteiger partial charge in [0.15, 0.2) is 6.54 Å². The molecule has 0 aliphatic rings. The first kappa shape index (κ1) is 21.1. The largest absolute Gasteiger partial charge is 0.347 e. The Morgan fingerprint density at radius 1 is 1.15 bits per heavy atom. The van der Waals surface area contributed by atoms with Crippen LogP contribution < -0.4 is 10.6 Å². The van der Waals surface area contributed by atoms with Crippen LogP contribution in [0.3, 0.4) is 0 Å². The molecule has 0 aliphatic heterocycles. The van der Waals surface area contributed by atoms with Crippen molar-refractivity contribution in [1.29, 1.82) is 0 Å². The molecule has 0 saturated heterocycles. The van der Waals surface area contributed by atoms with Gasteiger partial charge in [0.2, 0.25) is 5.91 Å². The average molecular weight is 389 g/mol. The van der Waals surface area contributed by atoms with E-state index in [1.54, 1.807) is 25.4 Å². The molecule has 2 aromatic rings. The third kappa shape index (κ3) is 6.81. The Morgan fingerprint density at radius 2 is 1.85 bits per heavy atom. The number of thiophene rings is 1. The molecule has 2 rings (SSSR count). The second-order valence-electron chi connectivity index (χ2n) is 7.34. The summed E-state index contributed by atoms with van der Waals surface area (Å²) in [6.45, 7) is 4.75. The summed E-state index contributed by atoms with van der Waals surface area (Å²) >= 11 is 1.69. The molecule has 1 aromatic heterocycles. The minimum absolute atomic E-state index is 0.0350. The zero-order valence-corrected chi connectivity index (χ0v) is 17.4. The fourth-order valence-corrected chi connectivity index (χ4v) is 3.70. The van der Waals surface area contributed by atoms with Gasteiger partial charge < -0.3 is 15.5 Å². The monoisotopic (exact) mass is 388 g/mol. The Morgan fingerprint density at radius 3 is 2.41 bits per heavy atom. The summed E-state index contributed by atoms with van der Waals surface area (Å²) in [7, 11) is 3.35. The van der Waals surface area contributed by atoms with Crippen molar-refractivity contribution >= 4 is 23.2 Å². The number of hydrogen-bond donors (Lipinski definition) is 2.